The van der Waals surface area contributed by atoms with Gasteiger partial charge in [0.15, 0.2) is 0 Å². The number of benzene rings is 1. The summed E-state index contributed by atoms with van der Waals surface area (Å²) < 4.78 is 17.4. The molecule has 0 aliphatic carbocycles. The van der Waals surface area contributed by atoms with Gasteiger partial charge in [-0.15, -0.1) is 0 Å². The van der Waals surface area contributed by atoms with Crippen molar-refractivity contribution in [2.24, 2.45) is 0 Å². The second-order valence-corrected chi connectivity index (χ2v) is 4.62. The van der Waals surface area contributed by atoms with Crippen LogP contribution in [0.2, 0.25) is 0 Å². The van der Waals surface area contributed by atoms with Crippen molar-refractivity contribution in [2.45, 2.75) is 19.4 Å². The van der Waals surface area contributed by atoms with Gasteiger partial charge < -0.3 is 9.64 Å². The van der Waals surface area contributed by atoms with Crippen LogP contribution in [0.3, 0.4) is 0 Å². The Bertz CT molecular complexity index is 537. The fourth-order valence-electron chi connectivity index (χ4n) is 2.09. The third kappa shape index (κ3) is 3.44. The molecule has 0 saturated heterocycles. The van der Waals surface area contributed by atoms with Gasteiger partial charge in [-0.1, -0.05) is 18.2 Å². The molecule has 0 radical (unpaired) electrons. The number of hydrogen-bond acceptors (Lipinski definition) is 3. The highest BCUT2D eigenvalue weighted by Crippen LogP contribution is 2.19. The standard InChI is InChI=1S/C15H16FNO3/c1-20-14(18)7-4-12-8-9-17(15(12)19)10-11-2-5-13(16)6-3-11/h2-3,5-6,8H,4,7,9-10H2,1H3. The maximum atomic E-state index is 12.8. The van der Waals surface area contributed by atoms with E-state index in [4.69, 9.17) is 0 Å². The van der Waals surface area contributed by atoms with Crippen molar-refractivity contribution in [3.05, 3.63) is 47.3 Å². The van der Waals surface area contributed by atoms with Crippen molar-refractivity contribution < 1.29 is 18.7 Å². The molecule has 0 fully saturated rings. The average molecular weight is 277 g/mol. The fraction of sp³-hybridized carbons (Fsp3) is 0.333. The molecule has 0 unspecified atom stereocenters. The van der Waals surface area contributed by atoms with Gasteiger partial charge in [-0.2, -0.15) is 0 Å². The third-order valence-electron chi connectivity index (χ3n) is 3.23. The van der Waals surface area contributed by atoms with Crippen LogP contribution >= 0.6 is 0 Å². The van der Waals surface area contributed by atoms with E-state index in [1.54, 1.807) is 17.0 Å². The van der Waals surface area contributed by atoms with Crippen LogP contribution in [0.25, 0.3) is 0 Å². The number of rotatable bonds is 5. The summed E-state index contributed by atoms with van der Waals surface area (Å²) in [5, 5.41) is 0. The van der Waals surface area contributed by atoms with Gasteiger partial charge in [0.25, 0.3) is 0 Å². The van der Waals surface area contributed by atoms with Crippen LogP contribution in [0.5, 0.6) is 0 Å². The molecule has 1 amide bonds. The predicted octanol–water partition coefficient (Wildman–Crippen LogP) is 2.05. The lowest BCUT2D eigenvalue weighted by Gasteiger charge is -2.16. The van der Waals surface area contributed by atoms with Crippen molar-refractivity contribution in [2.75, 3.05) is 13.7 Å². The van der Waals surface area contributed by atoms with Crippen LogP contribution in [0.15, 0.2) is 35.9 Å². The molecule has 1 aliphatic rings. The van der Waals surface area contributed by atoms with E-state index in [-0.39, 0.29) is 24.1 Å². The van der Waals surface area contributed by atoms with Crippen LogP contribution in [-0.2, 0) is 20.9 Å². The van der Waals surface area contributed by atoms with E-state index in [9.17, 15) is 14.0 Å². The van der Waals surface area contributed by atoms with Gasteiger partial charge >= 0.3 is 5.97 Å². The van der Waals surface area contributed by atoms with E-state index in [2.05, 4.69) is 4.74 Å². The average Bonchev–Trinajstić information content (AvgIpc) is 2.80. The first-order valence-electron chi connectivity index (χ1n) is 6.39. The van der Waals surface area contributed by atoms with Crippen LogP contribution in [0, 0.1) is 5.82 Å². The Morgan fingerprint density at radius 2 is 2.05 bits per heavy atom. The van der Waals surface area contributed by atoms with E-state index >= 15 is 0 Å². The summed E-state index contributed by atoms with van der Waals surface area (Å²) in [6.07, 6.45) is 2.43. The van der Waals surface area contributed by atoms with E-state index in [1.165, 1.54) is 19.2 Å². The number of hydrogen-bond donors (Lipinski definition) is 0. The minimum atomic E-state index is -0.323. The number of methoxy groups -OCH3 is 1. The summed E-state index contributed by atoms with van der Waals surface area (Å²) in [6.45, 7) is 0.962. The molecule has 5 heteroatoms. The molecule has 1 aromatic rings. The van der Waals surface area contributed by atoms with Crippen molar-refractivity contribution >= 4 is 11.9 Å². The van der Waals surface area contributed by atoms with E-state index < -0.39 is 0 Å². The highest BCUT2D eigenvalue weighted by Gasteiger charge is 2.24. The summed E-state index contributed by atoms with van der Waals surface area (Å²) in [6, 6.07) is 6.08. The Morgan fingerprint density at radius 1 is 1.35 bits per heavy atom. The zero-order chi connectivity index (χ0) is 14.5. The first kappa shape index (κ1) is 14.2. The van der Waals surface area contributed by atoms with Gasteiger partial charge in [0, 0.05) is 25.1 Å². The molecular weight excluding hydrogens is 261 g/mol. The number of esters is 1. The molecular formula is C15H16FNO3. The second kappa shape index (κ2) is 6.32. The topological polar surface area (TPSA) is 46.6 Å². The van der Waals surface area contributed by atoms with Gasteiger partial charge in [0.05, 0.1) is 7.11 Å². The van der Waals surface area contributed by atoms with Crippen LogP contribution in [0.4, 0.5) is 4.39 Å². The molecule has 1 aliphatic heterocycles. The largest absolute Gasteiger partial charge is 0.469 e. The summed E-state index contributed by atoms with van der Waals surface area (Å²) in [5.41, 5.74) is 1.51. The predicted molar refractivity (Wildman–Crippen MR) is 71.2 cm³/mol. The molecule has 106 valence electrons. The lowest BCUT2D eigenvalue weighted by molar-refractivity contribution is -0.140. The zero-order valence-corrected chi connectivity index (χ0v) is 11.3. The Balaban J connectivity index is 1.89. The number of nitrogens with zero attached hydrogens (tertiary/aromatic N) is 1. The highest BCUT2D eigenvalue weighted by molar-refractivity contribution is 5.96. The van der Waals surface area contributed by atoms with Crippen LogP contribution < -0.4 is 0 Å². The van der Waals surface area contributed by atoms with E-state index in [0.717, 1.165) is 5.56 Å². The van der Waals surface area contributed by atoms with Gasteiger partial charge in [-0.3, -0.25) is 9.59 Å². The molecule has 0 bridgehead atoms. The van der Waals surface area contributed by atoms with Crippen molar-refractivity contribution in [1.29, 1.82) is 0 Å². The maximum Gasteiger partial charge on any atom is 0.305 e. The molecule has 0 aromatic heterocycles. The van der Waals surface area contributed by atoms with Gasteiger partial charge in [0.2, 0.25) is 5.91 Å². The van der Waals surface area contributed by atoms with Crippen LogP contribution in [0.1, 0.15) is 18.4 Å². The number of carbonyl (C=O) groups is 2. The summed E-state index contributed by atoms with van der Waals surface area (Å²) in [5.74, 6) is -0.688. The highest BCUT2D eigenvalue weighted by atomic mass is 19.1. The third-order valence-corrected chi connectivity index (χ3v) is 3.23. The summed E-state index contributed by atoms with van der Waals surface area (Å²) in [7, 11) is 1.33. The maximum absolute atomic E-state index is 12.8. The van der Waals surface area contributed by atoms with E-state index in [1.807, 2.05) is 6.08 Å². The zero-order valence-electron chi connectivity index (χ0n) is 11.3. The van der Waals surface area contributed by atoms with E-state index in [0.29, 0.717) is 25.1 Å². The molecule has 4 nitrogen and oxygen atoms in total. The molecule has 2 rings (SSSR count). The summed E-state index contributed by atoms with van der Waals surface area (Å²) in [4.78, 5) is 24.8. The first-order valence-corrected chi connectivity index (χ1v) is 6.39. The Morgan fingerprint density at radius 3 is 2.70 bits per heavy atom. The number of carbonyl (C=O) groups excluding carboxylic acids is 2. The lowest BCUT2D eigenvalue weighted by Crippen LogP contribution is -2.26. The fourth-order valence-corrected chi connectivity index (χ4v) is 2.09. The molecule has 0 N–H and O–H groups in total. The Hall–Kier alpha value is -2.17. The normalized spacial score (nSPS) is 14.4. The molecule has 1 aromatic carbocycles. The minimum absolute atomic E-state index is 0.0711. The minimum Gasteiger partial charge on any atom is -0.469 e. The number of ether oxygens (including phenoxy) is 1. The number of halogens is 1. The SMILES string of the molecule is COC(=O)CCC1=CCN(Cc2ccc(F)cc2)C1=O. The molecule has 1 heterocycles. The van der Waals surface area contributed by atoms with Crippen molar-refractivity contribution in [3.8, 4) is 0 Å². The summed E-state index contributed by atoms with van der Waals surface area (Å²) >= 11 is 0. The first-order chi connectivity index (χ1) is 9.60. The quantitative estimate of drug-likeness (QED) is 0.774. The molecule has 0 atom stereocenters. The number of amides is 1. The van der Waals surface area contributed by atoms with Crippen LogP contribution in [-0.4, -0.2) is 30.4 Å². The van der Waals surface area contributed by atoms with Gasteiger partial charge in [-0.05, 0) is 24.1 Å². The van der Waals surface area contributed by atoms with Crippen molar-refractivity contribution in [3.63, 3.8) is 0 Å². The molecule has 0 spiro atoms. The second-order valence-electron chi connectivity index (χ2n) is 4.62. The molecule has 0 saturated carbocycles. The smallest absolute Gasteiger partial charge is 0.305 e. The molecule has 20 heavy (non-hydrogen) atoms. The van der Waals surface area contributed by atoms with Crippen molar-refractivity contribution in [1.82, 2.24) is 4.90 Å². The van der Waals surface area contributed by atoms with Gasteiger partial charge in [0.1, 0.15) is 5.82 Å². The van der Waals surface area contributed by atoms with Gasteiger partial charge in [-0.25, -0.2) is 4.39 Å². The Labute approximate surface area is 116 Å². The Kier molecular flexibility index (Phi) is 4.50. The monoisotopic (exact) mass is 277 g/mol. The lowest BCUT2D eigenvalue weighted by atomic mass is 10.1.